The molecule has 5 nitrogen and oxygen atoms in total. The number of carbonyl (C=O) groups excluding carboxylic acids is 2. The fourth-order valence-corrected chi connectivity index (χ4v) is 6.85. The van der Waals surface area contributed by atoms with Crippen molar-refractivity contribution in [1.29, 1.82) is 0 Å². The normalized spacial score (nSPS) is 23.6. The maximum Gasteiger partial charge on any atom is 0.230 e. The van der Waals surface area contributed by atoms with Gasteiger partial charge in [0.2, 0.25) is 11.8 Å². The summed E-state index contributed by atoms with van der Waals surface area (Å²) in [5.41, 5.74) is 0.418. The number of alkyl halides is 2. The first-order valence-electron chi connectivity index (χ1n) is 13.1. The summed E-state index contributed by atoms with van der Waals surface area (Å²) in [5.74, 6) is -0.245. The predicted octanol–water partition coefficient (Wildman–Crippen LogP) is 9.35. The first-order chi connectivity index (χ1) is 18.2. The highest BCUT2D eigenvalue weighted by Gasteiger charge is 2.76. The molecule has 214 valence electrons. The summed E-state index contributed by atoms with van der Waals surface area (Å²) < 4.78 is -0.967. The summed E-state index contributed by atoms with van der Waals surface area (Å²) >= 11 is 30.2. The number of anilines is 1. The second kappa shape index (κ2) is 12.7. The summed E-state index contributed by atoms with van der Waals surface area (Å²) in [5, 5.41) is 16.2. The van der Waals surface area contributed by atoms with Crippen LogP contribution in [0, 0.1) is 16.7 Å². The predicted molar refractivity (Wildman–Crippen MR) is 162 cm³/mol. The minimum absolute atomic E-state index is 0.0316. The van der Waals surface area contributed by atoms with Crippen molar-refractivity contribution in [3.63, 3.8) is 0 Å². The highest BCUT2D eigenvalue weighted by atomic mass is 35.5. The first kappa shape index (κ1) is 32.1. The zero-order chi connectivity index (χ0) is 29.2. The van der Waals surface area contributed by atoms with Gasteiger partial charge in [-0.3, -0.25) is 9.59 Å². The molecule has 2 amide bonds. The molecule has 0 saturated heterocycles. The van der Waals surface area contributed by atoms with Gasteiger partial charge in [-0.25, -0.2) is 0 Å². The van der Waals surface area contributed by atoms with E-state index < -0.39 is 9.75 Å². The molecule has 0 heterocycles. The fourth-order valence-electron chi connectivity index (χ4n) is 5.32. The molecule has 39 heavy (non-hydrogen) atoms. The lowest BCUT2D eigenvalue weighted by molar-refractivity contribution is -0.128. The molecule has 2 saturated carbocycles. The third kappa shape index (κ3) is 6.59. The molecule has 4 rings (SSSR count). The van der Waals surface area contributed by atoms with Gasteiger partial charge in [0, 0.05) is 16.4 Å². The van der Waals surface area contributed by atoms with E-state index in [1.54, 1.807) is 6.07 Å². The average Bonchev–Trinajstić information content (AvgIpc) is 3.36. The molecule has 2 aromatic rings. The number of nitrogens with one attached hydrogen (secondary N) is 2. The Morgan fingerprint density at radius 1 is 0.974 bits per heavy atom. The summed E-state index contributed by atoms with van der Waals surface area (Å²) in [4.78, 5) is 24.9. The fraction of sp³-hybridized carbons (Fsp3) is 0.517. The molecule has 3 atom stereocenters. The Morgan fingerprint density at radius 2 is 1.54 bits per heavy atom. The van der Waals surface area contributed by atoms with Gasteiger partial charge in [-0.2, -0.15) is 0 Å². The molecule has 10 heteroatoms. The van der Waals surface area contributed by atoms with E-state index >= 15 is 0 Å². The minimum atomic E-state index is -0.967. The molecule has 2 aliphatic rings. The van der Waals surface area contributed by atoms with Crippen LogP contribution in [0.2, 0.25) is 15.1 Å². The van der Waals surface area contributed by atoms with Gasteiger partial charge < -0.3 is 15.7 Å². The van der Waals surface area contributed by atoms with Crippen LogP contribution in [0.15, 0.2) is 36.4 Å². The summed E-state index contributed by atoms with van der Waals surface area (Å²) in [7, 11) is 0. The van der Waals surface area contributed by atoms with Gasteiger partial charge in [0.1, 0.15) is 15.1 Å². The van der Waals surface area contributed by atoms with Crippen LogP contribution in [0.4, 0.5) is 5.69 Å². The van der Waals surface area contributed by atoms with E-state index in [-0.39, 0.29) is 45.0 Å². The molecule has 0 aromatic heterocycles. The van der Waals surface area contributed by atoms with Crippen molar-refractivity contribution in [2.24, 2.45) is 16.7 Å². The van der Waals surface area contributed by atoms with Crippen LogP contribution >= 0.6 is 58.0 Å². The number of rotatable bonds is 6. The third-order valence-electron chi connectivity index (χ3n) is 8.29. The minimum Gasteiger partial charge on any atom is -0.506 e. The molecule has 2 fully saturated rings. The van der Waals surface area contributed by atoms with E-state index in [1.807, 2.05) is 52.0 Å². The van der Waals surface area contributed by atoms with Crippen LogP contribution in [0.25, 0.3) is 0 Å². The maximum absolute atomic E-state index is 12.5. The monoisotopic (exact) mass is 634 g/mol. The van der Waals surface area contributed by atoms with Crippen molar-refractivity contribution in [3.05, 3.63) is 57.0 Å². The number of benzene rings is 2. The van der Waals surface area contributed by atoms with E-state index in [1.165, 1.54) is 12.5 Å². The SMILES string of the molecule is CC1(C(=O)Nc2ccc(O)c(Cl)c2Cl)CCCCC1.CCC1(C(=O)NC(C)c2ccc(Cl)cc2)C(C)C1(Cl)Cl. The van der Waals surface area contributed by atoms with Crippen LogP contribution in [-0.4, -0.2) is 21.3 Å². The lowest BCUT2D eigenvalue weighted by atomic mass is 9.75. The summed E-state index contributed by atoms with van der Waals surface area (Å²) in [6, 6.07) is 10.3. The van der Waals surface area contributed by atoms with Gasteiger partial charge in [-0.05, 0) is 56.0 Å². The molecular formula is C29H35Cl5N2O3. The summed E-state index contributed by atoms with van der Waals surface area (Å²) in [6.07, 6.45) is 5.75. The Balaban J connectivity index is 0.000000216. The molecule has 0 aliphatic heterocycles. The van der Waals surface area contributed by atoms with Gasteiger partial charge in [0.05, 0.1) is 22.2 Å². The molecule has 2 aliphatic carbocycles. The quantitative estimate of drug-likeness (QED) is 0.218. The van der Waals surface area contributed by atoms with Crippen LogP contribution in [-0.2, 0) is 9.59 Å². The number of halogens is 5. The largest absolute Gasteiger partial charge is 0.506 e. The van der Waals surface area contributed by atoms with Crippen molar-refractivity contribution < 1.29 is 14.7 Å². The smallest absolute Gasteiger partial charge is 0.230 e. The first-order valence-corrected chi connectivity index (χ1v) is 15.0. The van der Waals surface area contributed by atoms with Gasteiger partial charge in [-0.1, -0.05) is 87.0 Å². The van der Waals surface area contributed by atoms with E-state index in [4.69, 9.17) is 58.0 Å². The lowest BCUT2D eigenvalue weighted by Gasteiger charge is -2.32. The molecule has 3 N–H and O–H groups in total. The Morgan fingerprint density at radius 3 is 2.05 bits per heavy atom. The standard InChI is InChI=1S/C15H18Cl3NO.C14H17Cl2NO2/c1-4-14(10(3)15(14,17)18)13(20)19-9(2)11-5-7-12(16)8-6-11;1-14(7-3-2-4-8-14)13(19)17-9-5-6-10(18)12(16)11(9)15/h5-10H,4H2,1-3H3,(H,19,20);5-6,18H,2-4,7-8H2,1H3,(H,17,19). The van der Waals surface area contributed by atoms with Gasteiger partial charge in [-0.15, -0.1) is 23.2 Å². The zero-order valence-corrected chi connectivity index (χ0v) is 26.3. The summed E-state index contributed by atoms with van der Waals surface area (Å²) in [6.45, 7) is 7.77. The van der Waals surface area contributed by atoms with Crippen LogP contribution in [0.5, 0.6) is 5.75 Å². The topological polar surface area (TPSA) is 78.4 Å². The van der Waals surface area contributed by atoms with Crippen molar-refractivity contribution in [2.75, 3.05) is 5.32 Å². The number of hydrogen-bond acceptors (Lipinski definition) is 3. The highest BCUT2D eigenvalue weighted by Crippen LogP contribution is 2.70. The van der Waals surface area contributed by atoms with Crippen molar-refractivity contribution in [3.8, 4) is 5.75 Å². The highest BCUT2D eigenvalue weighted by molar-refractivity contribution is 6.53. The molecule has 0 bridgehead atoms. The number of phenols is 1. The van der Waals surface area contributed by atoms with Crippen molar-refractivity contribution in [1.82, 2.24) is 5.32 Å². The van der Waals surface area contributed by atoms with E-state index in [9.17, 15) is 14.7 Å². The van der Waals surface area contributed by atoms with Gasteiger partial charge >= 0.3 is 0 Å². The molecule has 0 radical (unpaired) electrons. The van der Waals surface area contributed by atoms with Crippen molar-refractivity contribution in [2.45, 2.75) is 76.6 Å². The van der Waals surface area contributed by atoms with Gasteiger partial charge in [0.25, 0.3) is 0 Å². The Labute approximate surface area is 255 Å². The number of aromatic hydroxyl groups is 1. The second-order valence-electron chi connectivity index (χ2n) is 10.8. The maximum atomic E-state index is 12.5. The number of amides is 2. The molecule has 0 spiro atoms. The lowest BCUT2D eigenvalue weighted by Crippen LogP contribution is -2.36. The molecule has 3 unspecified atom stereocenters. The number of carbonyl (C=O) groups is 2. The van der Waals surface area contributed by atoms with Crippen LogP contribution in [0.1, 0.15) is 77.8 Å². The Bertz CT molecular complexity index is 1200. The number of hydrogen-bond donors (Lipinski definition) is 3. The number of phenolic OH excluding ortho intramolecular Hbond substituents is 1. The van der Waals surface area contributed by atoms with E-state index in [0.717, 1.165) is 31.2 Å². The van der Waals surface area contributed by atoms with E-state index in [0.29, 0.717) is 17.1 Å². The molecular weight excluding hydrogens is 602 g/mol. The van der Waals surface area contributed by atoms with Crippen LogP contribution in [0.3, 0.4) is 0 Å². The zero-order valence-electron chi connectivity index (χ0n) is 22.5. The van der Waals surface area contributed by atoms with Crippen molar-refractivity contribution >= 4 is 75.5 Å². The second-order valence-corrected chi connectivity index (χ2v) is 13.3. The average molecular weight is 637 g/mol. The van der Waals surface area contributed by atoms with E-state index in [2.05, 4.69) is 10.6 Å². The van der Waals surface area contributed by atoms with Crippen LogP contribution < -0.4 is 10.6 Å². The molecule has 2 aromatic carbocycles. The Kier molecular flexibility index (Phi) is 10.4. The third-order valence-corrected chi connectivity index (χ3v) is 10.7. The van der Waals surface area contributed by atoms with Gasteiger partial charge in [0.15, 0.2) is 0 Å². The Hall–Kier alpha value is -1.37.